The fraction of sp³-hybridized carbons (Fsp3) is 0.364. The Morgan fingerprint density at radius 2 is 1.77 bits per heavy atom. The highest BCUT2D eigenvalue weighted by Crippen LogP contribution is 2.24. The first kappa shape index (κ1) is 23.4. The Labute approximate surface area is 178 Å². The fourth-order valence-corrected chi connectivity index (χ4v) is 4.11. The van der Waals surface area contributed by atoms with Gasteiger partial charge in [0.25, 0.3) is 5.91 Å². The molecule has 0 heterocycles. The van der Waals surface area contributed by atoms with Crippen molar-refractivity contribution in [2.45, 2.75) is 39.7 Å². The molecule has 1 atom stereocenters. The molecular formula is C22H29N3O4S. The van der Waals surface area contributed by atoms with Gasteiger partial charge in [0.05, 0.1) is 18.6 Å². The van der Waals surface area contributed by atoms with E-state index in [0.717, 1.165) is 22.7 Å². The van der Waals surface area contributed by atoms with E-state index in [0.29, 0.717) is 24.5 Å². The highest BCUT2D eigenvalue weighted by atomic mass is 32.2. The maximum absolute atomic E-state index is 12.6. The molecule has 0 bridgehead atoms. The molecule has 0 aliphatic heterocycles. The van der Waals surface area contributed by atoms with Gasteiger partial charge < -0.3 is 4.74 Å². The second-order valence-electron chi connectivity index (χ2n) is 6.97. The molecule has 0 aliphatic carbocycles. The van der Waals surface area contributed by atoms with Gasteiger partial charge in [-0.15, -0.1) is 0 Å². The van der Waals surface area contributed by atoms with Crippen LogP contribution >= 0.6 is 0 Å². The Bertz CT molecular complexity index is 958. The van der Waals surface area contributed by atoms with Crippen LogP contribution in [0.4, 0.5) is 5.69 Å². The summed E-state index contributed by atoms with van der Waals surface area (Å²) in [7, 11) is -3.69. The summed E-state index contributed by atoms with van der Waals surface area (Å²) in [4.78, 5) is 12.6. The summed E-state index contributed by atoms with van der Waals surface area (Å²) in [6, 6.07) is 15.6. The first-order valence-electron chi connectivity index (χ1n) is 9.81. The molecule has 2 aromatic carbocycles. The number of aryl methyl sites for hydroxylation is 1. The molecule has 2 rings (SSSR count). The zero-order chi connectivity index (χ0) is 22.1. The van der Waals surface area contributed by atoms with E-state index >= 15 is 0 Å². The van der Waals surface area contributed by atoms with Crippen LogP contribution in [0.15, 0.2) is 59.7 Å². The maximum Gasteiger partial charge on any atom is 0.263 e. The van der Waals surface area contributed by atoms with Crippen LogP contribution in [0.5, 0.6) is 5.75 Å². The lowest BCUT2D eigenvalue weighted by atomic mass is 10.1. The summed E-state index contributed by atoms with van der Waals surface area (Å²) in [5.74, 6) is 0.124. The van der Waals surface area contributed by atoms with E-state index < -0.39 is 22.0 Å². The summed E-state index contributed by atoms with van der Waals surface area (Å²) in [5, 5.41) is 4.13. The van der Waals surface area contributed by atoms with E-state index in [9.17, 15) is 13.2 Å². The number of nitrogens with zero attached hydrogens (tertiary/aromatic N) is 2. The number of anilines is 1. The van der Waals surface area contributed by atoms with Gasteiger partial charge in [-0.3, -0.25) is 9.10 Å². The van der Waals surface area contributed by atoms with Crippen molar-refractivity contribution in [2.24, 2.45) is 5.10 Å². The van der Waals surface area contributed by atoms with Crippen molar-refractivity contribution < 1.29 is 17.9 Å². The van der Waals surface area contributed by atoms with Crippen LogP contribution in [0.1, 0.15) is 32.8 Å². The molecule has 162 valence electrons. The first-order valence-corrected chi connectivity index (χ1v) is 11.7. The largest absolute Gasteiger partial charge is 0.494 e. The Balaban J connectivity index is 2.06. The van der Waals surface area contributed by atoms with Crippen LogP contribution in [0, 0.1) is 0 Å². The van der Waals surface area contributed by atoms with Crippen molar-refractivity contribution in [3.63, 3.8) is 0 Å². The molecule has 2 aromatic rings. The lowest BCUT2D eigenvalue weighted by Crippen LogP contribution is -2.46. The molecular weight excluding hydrogens is 402 g/mol. The fourth-order valence-electron chi connectivity index (χ4n) is 2.93. The number of hydrogen-bond acceptors (Lipinski definition) is 5. The first-order chi connectivity index (χ1) is 14.2. The Morgan fingerprint density at radius 3 is 2.33 bits per heavy atom. The van der Waals surface area contributed by atoms with Crippen LogP contribution in [0.25, 0.3) is 0 Å². The quantitative estimate of drug-likeness (QED) is 0.461. The number of sulfonamides is 1. The molecule has 1 amide bonds. The number of hydrazone groups is 1. The summed E-state index contributed by atoms with van der Waals surface area (Å²) >= 11 is 0. The minimum atomic E-state index is -3.69. The molecule has 8 heteroatoms. The Kier molecular flexibility index (Phi) is 8.41. The standard InChI is InChI=1S/C22H29N3O4S/c1-5-29-21-15-13-20(14-16-21)25(30(4,27)28)18(3)22(26)24-23-17(2)11-12-19-9-7-6-8-10-19/h6-10,13-16,18H,5,11-12H2,1-4H3,(H,24,26)/b23-17-/t18-/m0/s1. The second kappa shape index (κ2) is 10.8. The zero-order valence-corrected chi connectivity index (χ0v) is 18.6. The smallest absolute Gasteiger partial charge is 0.263 e. The van der Waals surface area contributed by atoms with Gasteiger partial charge in [0.15, 0.2) is 0 Å². The predicted octanol–water partition coefficient (Wildman–Crippen LogP) is 3.36. The maximum atomic E-state index is 12.6. The van der Waals surface area contributed by atoms with E-state index in [4.69, 9.17) is 4.74 Å². The molecule has 0 aromatic heterocycles. The molecule has 0 fully saturated rings. The Hall–Kier alpha value is -2.87. The number of ether oxygens (including phenoxy) is 1. The van der Waals surface area contributed by atoms with Gasteiger partial charge in [-0.1, -0.05) is 30.3 Å². The van der Waals surface area contributed by atoms with Gasteiger partial charge in [0.2, 0.25) is 10.0 Å². The average molecular weight is 432 g/mol. The van der Waals surface area contributed by atoms with Crippen LogP contribution in [0.2, 0.25) is 0 Å². The lowest BCUT2D eigenvalue weighted by molar-refractivity contribution is -0.121. The van der Waals surface area contributed by atoms with E-state index in [1.165, 1.54) is 12.5 Å². The van der Waals surface area contributed by atoms with Gasteiger partial charge >= 0.3 is 0 Å². The number of rotatable bonds is 10. The number of carbonyl (C=O) groups is 1. The molecule has 0 saturated heterocycles. The van der Waals surface area contributed by atoms with Crippen molar-refractivity contribution in [2.75, 3.05) is 17.2 Å². The number of amides is 1. The van der Waals surface area contributed by atoms with Crippen LogP contribution < -0.4 is 14.5 Å². The van der Waals surface area contributed by atoms with Crippen LogP contribution in [-0.4, -0.2) is 38.9 Å². The predicted molar refractivity (Wildman–Crippen MR) is 120 cm³/mol. The molecule has 7 nitrogen and oxygen atoms in total. The summed E-state index contributed by atoms with van der Waals surface area (Å²) in [6.07, 6.45) is 2.57. The van der Waals surface area contributed by atoms with Gasteiger partial charge in [0, 0.05) is 5.71 Å². The Morgan fingerprint density at radius 1 is 1.13 bits per heavy atom. The summed E-state index contributed by atoms with van der Waals surface area (Å²) < 4.78 is 31.2. The average Bonchev–Trinajstić information content (AvgIpc) is 2.71. The SMILES string of the molecule is CCOc1ccc(N([C@@H](C)C(=O)N/N=C(/C)CCc2ccccc2)S(C)(=O)=O)cc1. The summed E-state index contributed by atoms with van der Waals surface area (Å²) in [6.45, 7) is 5.73. The highest BCUT2D eigenvalue weighted by molar-refractivity contribution is 7.92. The third kappa shape index (κ3) is 6.88. The minimum Gasteiger partial charge on any atom is -0.494 e. The molecule has 0 radical (unpaired) electrons. The molecule has 1 N–H and O–H groups in total. The van der Waals surface area contributed by atoms with E-state index in [2.05, 4.69) is 10.5 Å². The number of benzene rings is 2. The van der Waals surface area contributed by atoms with E-state index in [1.54, 1.807) is 24.3 Å². The third-order valence-electron chi connectivity index (χ3n) is 4.47. The van der Waals surface area contributed by atoms with E-state index in [1.807, 2.05) is 44.2 Å². The van der Waals surface area contributed by atoms with Gasteiger partial charge in [-0.25, -0.2) is 13.8 Å². The molecule has 0 spiro atoms. The van der Waals surface area contributed by atoms with Crippen LogP contribution in [0.3, 0.4) is 0 Å². The van der Waals surface area contributed by atoms with Crippen molar-refractivity contribution in [1.29, 1.82) is 0 Å². The van der Waals surface area contributed by atoms with Crippen molar-refractivity contribution in [3.05, 3.63) is 60.2 Å². The zero-order valence-electron chi connectivity index (χ0n) is 17.8. The lowest BCUT2D eigenvalue weighted by Gasteiger charge is -2.27. The minimum absolute atomic E-state index is 0.383. The number of carbonyl (C=O) groups excluding carboxylic acids is 1. The molecule has 0 unspecified atom stereocenters. The normalized spacial score (nSPS) is 12.9. The van der Waals surface area contributed by atoms with Gasteiger partial charge in [-0.05, 0) is 63.4 Å². The highest BCUT2D eigenvalue weighted by Gasteiger charge is 2.29. The molecule has 0 aliphatic rings. The topological polar surface area (TPSA) is 88.1 Å². The monoisotopic (exact) mass is 431 g/mol. The van der Waals surface area contributed by atoms with Gasteiger partial charge in [0.1, 0.15) is 11.8 Å². The van der Waals surface area contributed by atoms with Crippen molar-refractivity contribution >= 4 is 27.3 Å². The number of nitrogens with one attached hydrogen (secondary N) is 1. The third-order valence-corrected chi connectivity index (χ3v) is 5.71. The second-order valence-corrected chi connectivity index (χ2v) is 8.83. The van der Waals surface area contributed by atoms with Crippen molar-refractivity contribution in [3.8, 4) is 5.75 Å². The van der Waals surface area contributed by atoms with Crippen LogP contribution in [-0.2, 0) is 21.2 Å². The molecule has 30 heavy (non-hydrogen) atoms. The molecule has 0 saturated carbocycles. The number of hydrogen-bond donors (Lipinski definition) is 1. The van der Waals surface area contributed by atoms with E-state index in [-0.39, 0.29) is 0 Å². The van der Waals surface area contributed by atoms with Crippen molar-refractivity contribution in [1.82, 2.24) is 5.43 Å². The van der Waals surface area contributed by atoms with Gasteiger partial charge in [-0.2, -0.15) is 5.10 Å². The summed E-state index contributed by atoms with van der Waals surface area (Å²) in [5.41, 5.74) is 4.82.